The molecule has 3 aromatic carbocycles. The van der Waals surface area contributed by atoms with Gasteiger partial charge in [0.1, 0.15) is 0 Å². The van der Waals surface area contributed by atoms with Crippen molar-refractivity contribution in [2.45, 2.75) is 24.7 Å². The van der Waals surface area contributed by atoms with Gasteiger partial charge in [-0.3, -0.25) is 9.52 Å². The van der Waals surface area contributed by atoms with Crippen molar-refractivity contribution in [3.05, 3.63) is 83.9 Å². The summed E-state index contributed by atoms with van der Waals surface area (Å²) >= 11 is 0. The Hall–Kier alpha value is -3.32. The van der Waals surface area contributed by atoms with Gasteiger partial charge in [-0.2, -0.15) is 0 Å². The number of hydrogen-bond donors (Lipinski definition) is 2. The molecule has 160 valence electrons. The Morgan fingerprint density at radius 2 is 1.55 bits per heavy atom. The zero-order valence-electron chi connectivity index (χ0n) is 17.3. The van der Waals surface area contributed by atoms with Crippen molar-refractivity contribution >= 4 is 33.0 Å². The van der Waals surface area contributed by atoms with E-state index in [1.54, 1.807) is 43.3 Å². The van der Waals surface area contributed by atoms with E-state index in [4.69, 9.17) is 0 Å². The number of sulfonamides is 1. The summed E-state index contributed by atoms with van der Waals surface area (Å²) in [6.45, 7) is 3.86. The standard InChI is InChI=1S/C24H25N3O3S/c1-18-22(10-7-11-23(18)26-31(29,30)21-8-3-2-4-9-21)24(28)25-19-12-14-20(15-13-19)27-16-5-6-17-27/h2-4,7-15,26H,5-6,16-17H2,1H3,(H,25,28). The Bertz CT molecular complexity index is 1170. The Morgan fingerprint density at radius 1 is 0.871 bits per heavy atom. The molecule has 0 spiro atoms. The van der Waals surface area contributed by atoms with Gasteiger partial charge in [0.05, 0.1) is 10.6 Å². The second-order valence-electron chi connectivity index (χ2n) is 7.59. The van der Waals surface area contributed by atoms with Crippen molar-refractivity contribution < 1.29 is 13.2 Å². The molecule has 0 unspecified atom stereocenters. The molecule has 1 fully saturated rings. The molecule has 31 heavy (non-hydrogen) atoms. The molecule has 1 heterocycles. The minimum absolute atomic E-state index is 0.169. The minimum Gasteiger partial charge on any atom is -0.372 e. The summed E-state index contributed by atoms with van der Waals surface area (Å²) in [4.78, 5) is 15.4. The molecule has 1 amide bonds. The first-order chi connectivity index (χ1) is 14.9. The molecule has 2 N–H and O–H groups in total. The Balaban J connectivity index is 1.50. The lowest BCUT2D eigenvalue weighted by Gasteiger charge is -2.18. The highest BCUT2D eigenvalue weighted by molar-refractivity contribution is 7.92. The number of benzene rings is 3. The summed E-state index contributed by atoms with van der Waals surface area (Å²) in [5.41, 5.74) is 3.21. The molecular weight excluding hydrogens is 410 g/mol. The van der Waals surface area contributed by atoms with Crippen molar-refractivity contribution in [3.8, 4) is 0 Å². The maximum Gasteiger partial charge on any atom is 0.261 e. The largest absolute Gasteiger partial charge is 0.372 e. The van der Waals surface area contributed by atoms with Crippen molar-refractivity contribution in [1.82, 2.24) is 0 Å². The van der Waals surface area contributed by atoms with Crippen molar-refractivity contribution in [1.29, 1.82) is 0 Å². The summed E-state index contributed by atoms with van der Waals surface area (Å²) in [6, 6.07) is 21.0. The number of hydrogen-bond acceptors (Lipinski definition) is 4. The van der Waals surface area contributed by atoms with Gasteiger partial charge in [0.25, 0.3) is 15.9 Å². The SMILES string of the molecule is Cc1c(NS(=O)(=O)c2ccccc2)cccc1C(=O)Nc1ccc(N2CCCC2)cc1. The fourth-order valence-electron chi connectivity index (χ4n) is 3.72. The predicted octanol–water partition coefficient (Wildman–Crippen LogP) is 4.65. The maximum atomic E-state index is 12.9. The molecule has 3 aromatic rings. The summed E-state index contributed by atoms with van der Waals surface area (Å²) in [5.74, 6) is -0.285. The molecule has 1 aliphatic heterocycles. The molecule has 0 saturated carbocycles. The van der Waals surface area contributed by atoms with Gasteiger partial charge in [-0.1, -0.05) is 24.3 Å². The normalized spacial score (nSPS) is 13.8. The van der Waals surface area contributed by atoms with Crippen molar-refractivity contribution in [2.75, 3.05) is 28.0 Å². The second kappa shape index (κ2) is 8.81. The quantitative estimate of drug-likeness (QED) is 0.591. The van der Waals surface area contributed by atoms with Crippen LogP contribution in [-0.4, -0.2) is 27.4 Å². The van der Waals surface area contributed by atoms with E-state index in [-0.39, 0.29) is 10.8 Å². The van der Waals surface area contributed by atoms with E-state index in [9.17, 15) is 13.2 Å². The second-order valence-corrected chi connectivity index (χ2v) is 9.27. The zero-order valence-corrected chi connectivity index (χ0v) is 18.2. The number of rotatable bonds is 6. The van der Waals surface area contributed by atoms with Gasteiger partial charge in [-0.25, -0.2) is 8.42 Å². The Labute approximate surface area is 183 Å². The van der Waals surface area contributed by atoms with Crippen LogP contribution in [-0.2, 0) is 10.0 Å². The van der Waals surface area contributed by atoms with E-state index in [2.05, 4.69) is 14.9 Å². The van der Waals surface area contributed by atoms with E-state index < -0.39 is 10.0 Å². The van der Waals surface area contributed by atoms with Crippen LogP contribution in [0.4, 0.5) is 17.1 Å². The van der Waals surface area contributed by atoms with Gasteiger partial charge in [0, 0.05) is 30.0 Å². The lowest BCUT2D eigenvalue weighted by molar-refractivity contribution is 0.102. The molecule has 6 nitrogen and oxygen atoms in total. The monoisotopic (exact) mass is 435 g/mol. The van der Waals surface area contributed by atoms with Crippen LogP contribution in [0.1, 0.15) is 28.8 Å². The van der Waals surface area contributed by atoms with Crippen LogP contribution < -0.4 is 14.9 Å². The number of carbonyl (C=O) groups excluding carboxylic acids is 1. The van der Waals surface area contributed by atoms with Crippen LogP contribution in [0.5, 0.6) is 0 Å². The van der Waals surface area contributed by atoms with Crippen molar-refractivity contribution in [3.63, 3.8) is 0 Å². The molecule has 1 aliphatic rings. The van der Waals surface area contributed by atoms with Gasteiger partial charge in [-0.15, -0.1) is 0 Å². The van der Waals surface area contributed by atoms with Gasteiger partial charge in [-0.05, 0) is 73.9 Å². The minimum atomic E-state index is -3.74. The van der Waals surface area contributed by atoms with E-state index >= 15 is 0 Å². The number of nitrogens with one attached hydrogen (secondary N) is 2. The highest BCUT2D eigenvalue weighted by Crippen LogP contribution is 2.25. The smallest absolute Gasteiger partial charge is 0.261 e. The molecule has 7 heteroatoms. The van der Waals surface area contributed by atoms with Crippen molar-refractivity contribution in [2.24, 2.45) is 0 Å². The molecule has 0 aliphatic carbocycles. The first kappa shape index (κ1) is 20.9. The summed E-state index contributed by atoms with van der Waals surface area (Å²) in [5, 5.41) is 2.90. The van der Waals surface area contributed by atoms with Crippen LogP contribution in [0.3, 0.4) is 0 Å². The summed E-state index contributed by atoms with van der Waals surface area (Å²) in [7, 11) is -3.74. The third kappa shape index (κ3) is 4.72. The van der Waals surface area contributed by atoms with Crippen LogP contribution >= 0.6 is 0 Å². The fraction of sp³-hybridized carbons (Fsp3) is 0.208. The molecular formula is C24H25N3O3S. The number of carbonyl (C=O) groups is 1. The zero-order chi connectivity index (χ0) is 21.8. The molecule has 4 rings (SSSR count). The maximum absolute atomic E-state index is 12.9. The molecule has 1 saturated heterocycles. The number of anilines is 3. The molecule has 0 radical (unpaired) electrons. The third-order valence-electron chi connectivity index (χ3n) is 5.47. The average Bonchev–Trinajstić information content (AvgIpc) is 3.31. The van der Waals surface area contributed by atoms with Crippen LogP contribution in [0.2, 0.25) is 0 Å². The first-order valence-electron chi connectivity index (χ1n) is 10.3. The summed E-state index contributed by atoms with van der Waals surface area (Å²) < 4.78 is 27.9. The third-order valence-corrected chi connectivity index (χ3v) is 6.85. The van der Waals surface area contributed by atoms with Gasteiger partial charge >= 0.3 is 0 Å². The molecule has 0 aromatic heterocycles. The average molecular weight is 436 g/mol. The summed E-state index contributed by atoms with van der Waals surface area (Å²) in [6.07, 6.45) is 2.42. The highest BCUT2D eigenvalue weighted by atomic mass is 32.2. The van der Waals surface area contributed by atoms with Gasteiger partial charge < -0.3 is 10.2 Å². The lowest BCUT2D eigenvalue weighted by Crippen LogP contribution is -2.18. The van der Waals surface area contributed by atoms with Crippen LogP contribution in [0.25, 0.3) is 0 Å². The van der Waals surface area contributed by atoms with Crippen LogP contribution in [0, 0.1) is 6.92 Å². The van der Waals surface area contributed by atoms with Crippen LogP contribution in [0.15, 0.2) is 77.7 Å². The Morgan fingerprint density at radius 3 is 2.23 bits per heavy atom. The van der Waals surface area contributed by atoms with E-state index in [1.165, 1.54) is 25.0 Å². The fourth-order valence-corrected chi connectivity index (χ4v) is 4.87. The van der Waals surface area contributed by atoms with Gasteiger partial charge in [0.15, 0.2) is 0 Å². The topological polar surface area (TPSA) is 78.5 Å². The van der Waals surface area contributed by atoms with E-state index in [0.717, 1.165) is 18.8 Å². The van der Waals surface area contributed by atoms with E-state index in [0.29, 0.717) is 22.5 Å². The lowest BCUT2D eigenvalue weighted by atomic mass is 10.1. The number of nitrogens with zero attached hydrogens (tertiary/aromatic N) is 1. The van der Waals surface area contributed by atoms with E-state index in [1.807, 2.05) is 24.3 Å². The predicted molar refractivity (Wildman–Crippen MR) is 124 cm³/mol. The highest BCUT2D eigenvalue weighted by Gasteiger charge is 2.18. The van der Waals surface area contributed by atoms with Gasteiger partial charge in [0.2, 0.25) is 0 Å². The molecule has 0 atom stereocenters. The Kier molecular flexibility index (Phi) is 5.95. The first-order valence-corrected chi connectivity index (χ1v) is 11.8. The number of amides is 1. The molecule has 0 bridgehead atoms.